The van der Waals surface area contributed by atoms with Gasteiger partial charge in [-0.05, 0) is 46.2 Å². The molecule has 21 heavy (non-hydrogen) atoms. The van der Waals surface area contributed by atoms with Crippen molar-refractivity contribution in [1.29, 1.82) is 0 Å². The van der Waals surface area contributed by atoms with Crippen molar-refractivity contribution in [2.75, 3.05) is 0 Å². The molecule has 0 saturated heterocycles. The monoisotopic (exact) mass is 286 g/mol. The summed E-state index contributed by atoms with van der Waals surface area (Å²) in [6.45, 7) is 9.94. The standard InChI is InChI=1S/C16H22N4O/c1-11(2)20-9-14(18-10-20)15(21)19-16(4,5)13-7-6-12(3)17-8-13/h6-11H,1-5H3,(H,19,21). The first-order chi connectivity index (χ1) is 9.79. The molecule has 5 heteroatoms. The van der Waals surface area contributed by atoms with E-state index in [4.69, 9.17) is 0 Å². The van der Waals surface area contributed by atoms with Crippen LogP contribution in [-0.4, -0.2) is 20.4 Å². The van der Waals surface area contributed by atoms with Crippen molar-refractivity contribution >= 4 is 5.91 Å². The quantitative estimate of drug-likeness (QED) is 0.940. The SMILES string of the molecule is Cc1ccc(C(C)(C)NC(=O)c2cn(C(C)C)cn2)cn1. The number of aromatic nitrogens is 3. The predicted molar refractivity (Wildman–Crippen MR) is 82.1 cm³/mol. The summed E-state index contributed by atoms with van der Waals surface area (Å²) in [6.07, 6.45) is 5.24. The molecule has 0 aliphatic carbocycles. The van der Waals surface area contributed by atoms with Gasteiger partial charge >= 0.3 is 0 Å². The second-order valence-corrected chi connectivity index (χ2v) is 6.07. The number of carbonyl (C=O) groups excluding carboxylic acids is 1. The van der Waals surface area contributed by atoms with Crippen LogP contribution in [0.3, 0.4) is 0 Å². The lowest BCUT2D eigenvalue weighted by atomic mass is 9.95. The maximum atomic E-state index is 12.3. The van der Waals surface area contributed by atoms with E-state index >= 15 is 0 Å². The van der Waals surface area contributed by atoms with E-state index in [9.17, 15) is 4.79 Å². The summed E-state index contributed by atoms with van der Waals surface area (Å²) in [5.41, 5.74) is 1.84. The topological polar surface area (TPSA) is 59.8 Å². The summed E-state index contributed by atoms with van der Waals surface area (Å²) >= 11 is 0. The predicted octanol–water partition coefficient (Wildman–Crippen LogP) is 2.83. The van der Waals surface area contributed by atoms with Gasteiger partial charge in [0.05, 0.1) is 11.9 Å². The molecule has 0 aromatic carbocycles. The van der Waals surface area contributed by atoms with Crippen LogP contribution in [0.25, 0.3) is 0 Å². The molecular weight excluding hydrogens is 264 g/mol. The number of hydrogen-bond acceptors (Lipinski definition) is 3. The Morgan fingerprint density at radius 3 is 2.52 bits per heavy atom. The van der Waals surface area contributed by atoms with E-state index < -0.39 is 5.54 Å². The minimum Gasteiger partial charge on any atom is -0.342 e. The van der Waals surface area contributed by atoms with Gasteiger partial charge in [-0.3, -0.25) is 9.78 Å². The summed E-state index contributed by atoms with van der Waals surface area (Å²) in [5, 5.41) is 3.01. The summed E-state index contributed by atoms with van der Waals surface area (Å²) in [6, 6.07) is 4.21. The van der Waals surface area contributed by atoms with Crippen LogP contribution in [0.1, 0.15) is 55.5 Å². The summed E-state index contributed by atoms with van der Waals surface area (Å²) in [7, 11) is 0. The molecule has 2 aromatic heterocycles. The van der Waals surface area contributed by atoms with E-state index in [1.165, 1.54) is 0 Å². The molecule has 2 aromatic rings. The van der Waals surface area contributed by atoms with Gasteiger partial charge in [-0.2, -0.15) is 0 Å². The van der Waals surface area contributed by atoms with Gasteiger partial charge in [0.1, 0.15) is 5.69 Å². The Labute approximate surface area is 125 Å². The first-order valence-corrected chi connectivity index (χ1v) is 7.09. The first kappa shape index (κ1) is 15.2. The van der Waals surface area contributed by atoms with Crippen LogP contribution >= 0.6 is 0 Å². The fraction of sp³-hybridized carbons (Fsp3) is 0.438. The highest BCUT2D eigenvalue weighted by molar-refractivity contribution is 5.92. The first-order valence-electron chi connectivity index (χ1n) is 7.09. The van der Waals surface area contributed by atoms with E-state index in [1.54, 1.807) is 18.7 Å². The molecule has 0 unspecified atom stereocenters. The van der Waals surface area contributed by atoms with E-state index in [2.05, 4.69) is 15.3 Å². The largest absolute Gasteiger partial charge is 0.342 e. The molecule has 0 bridgehead atoms. The molecule has 0 fully saturated rings. The molecule has 0 spiro atoms. The van der Waals surface area contributed by atoms with Crippen LogP contribution in [-0.2, 0) is 5.54 Å². The van der Waals surface area contributed by atoms with E-state index in [1.807, 2.05) is 51.3 Å². The molecule has 0 saturated carbocycles. The average Bonchev–Trinajstić information content (AvgIpc) is 2.88. The molecule has 112 valence electrons. The van der Waals surface area contributed by atoms with Crippen LogP contribution in [0.2, 0.25) is 0 Å². The zero-order valence-electron chi connectivity index (χ0n) is 13.2. The van der Waals surface area contributed by atoms with Gasteiger partial charge in [0.2, 0.25) is 0 Å². The number of imidazole rings is 1. The summed E-state index contributed by atoms with van der Waals surface area (Å²) in [5.74, 6) is -0.181. The van der Waals surface area contributed by atoms with E-state index in [-0.39, 0.29) is 11.9 Å². The molecule has 5 nitrogen and oxygen atoms in total. The highest BCUT2D eigenvalue weighted by Crippen LogP contribution is 2.20. The van der Waals surface area contributed by atoms with Crippen LogP contribution in [0.4, 0.5) is 0 Å². The van der Waals surface area contributed by atoms with Crippen LogP contribution in [0.5, 0.6) is 0 Å². The van der Waals surface area contributed by atoms with Gasteiger partial charge in [-0.25, -0.2) is 4.98 Å². The van der Waals surface area contributed by atoms with Gasteiger partial charge in [-0.15, -0.1) is 0 Å². The van der Waals surface area contributed by atoms with Crippen molar-refractivity contribution in [1.82, 2.24) is 19.9 Å². The maximum Gasteiger partial charge on any atom is 0.272 e. The van der Waals surface area contributed by atoms with Crippen LogP contribution in [0, 0.1) is 6.92 Å². The van der Waals surface area contributed by atoms with E-state index in [0.29, 0.717) is 5.69 Å². The Morgan fingerprint density at radius 2 is 2.00 bits per heavy atom. The third kappa shape index (κ3) is 3.48. The number of hydrogen-bond donors (Lipinski definition) is 1. The van der Waals surface area contributed by atoms with Crippen molar-refractivity contribution in [3.63, 3.8) is 0 Å². The van der Waals surface area contributed by atoms with Crippen LogP contribution in [0.15, 0.2) is 30.9 Å². The molecule has 1 amide bonds. The van der Waals surface area contributed by atoms with Crippen molar-refractivity contribution in [3.8, 4) is 0 Å². The van der Waals surface area contributed by atoms with Gasteiger partial charge in [0.25, 0.3) is 5.91 Å². The van der Waals surface area contributed by atoms with Gasteiger partial charge in [0.15, 0.2) is 0 Å². The molecule has 0 aliphatic heterocycles. The average molecular weight is 286 g/mol. The van der Waals surface area contributed by atoms with Crippen molar-refractivity contribution < 1.29 is 4.79 Å². The zero-order chi connectivity index (χ0) is 15.6. The molecular formula is C16H22N4O. The number of nitrogens with zero attached hydrogens (tertiary/aromatic N) is 3. The Kier molecular flexibility index (Phi) is 4.11. The minimum atomic E-state index is -0.501. The third-order valence-electron chi connectivity index (χ3n) is 3.49. The van der Waals surface area contributed by atoms with Gasteiger partial charge in [0, 0.05) is 24.1 Å². The van der Waals surface area contributed by atoms with Crippen molar-refractivity contribution in [3.05, 3.63) is 47.8 Å². The number of aryl methyl sites for hydroxylation is 1. The smallest absolute Gasteiger partial charge is 0.272 e. The highest BCUT2D eigenvalue weighted by atomic mass is 16.2. The highest BCUT2D eigenvalue weighted by Gasteiger charge is 2.24. The minimum absolute atomic E-state index is 0.181. The summed E-state index contributed by atoms with van der Waals surface area (Å²) in [4.78, 5) is 20.8. The van der Waals surface area contributed by atoms with Crippen molar-refractivity contribution in [2.45, 2.75) is 46.2 Å². The third-order valence-corrected chi connectivity index (χ3v) is 3.49. The second-order valence-electron chi connectivity index (χ2n) is 6.07. The van der Waals surface area contributed by atoms with Gasteiger partial charge < -0.3 is 9.88 Å². The van der Waals surface area contributed by atoms with E-state index in [0.717, 1.165) is 11.3 Å². The molecule has 0 radical (unpaired) electrons. The maximum absolute atomic E-state index is 12.3. The van der Waals surface area contributed by atoms with Crippen LogP contribution < -0.4 is 5.32 Å². The van der Waals surface area contributed by atoms with Gasteiger partial charge in [-0.1, -0.05) is 6.07 Å². The number of pyridine rings is 1. The van der Waals surface area contributed by atoms with Crippen molar-refractivity contribution in [2.24, 2.45) is 0 Å². The summed E-state index contributed by atoms with van der Waals surface area (Å²) < 4.78 is 1.91. The lowest BCUT2D eigenvalue weighted by Crippen LogP contribution is -2.41. The molecule has 1 N–H and O–H groups in total. The molecule has 0 atom stereocenters. The zero-order valence-corrected chi connectivity index (χ0v) is 13.2. The Hall–Kier alpha value is -2.17. The second kappa shape index (κ2) is 5.68. The molecule has 2 rings (SSSR count). The Morgan fingerprint density at radius 1 is 1.29 bits per heavy atom. The number of rotatable bonds is 4. The fourth-order valence-electron chi connectivity index (χ4n) is 1.99. The number of carbonyl (C=O) groups is 1. The lowest BCUT2D eigenvalue weighted by molar-refractivity contribution is 0.0907. The molecule has 0 aliphatic rings. The number of amides is 1. The number of nitrogens with one attached hydrogen (secondary N) is 1. The molecule has 2 heterocycles. The Bertz CT molecular complexity index is 626. The Balaban J connectivity index is 2.15. The normalized spacial score (nSPS) is 11.7. The fourth-order valence-corrected chi connectivity index (χ4v) is 1.99. The lowest BCUT2D eigenvalue weighted by Gasteiger charge is -2.26.